The SMILES string of the molecule is O=S(=O)([O-])[O-].O=[N+]([O-])C(Br)(CO)CO.[NH4+]. The van der Waals surface area contributed by atoms with Crippen molar-refractivity contribution in [2.75, 3.05) is 13.2 Å². The van der Waals surface area contributed by atoms with E-state index in [0.717, 1.165) is 0 Å². The van der Waals surface area contributed by atoms with Gasteiger partial charge in [0, 0.05) is 31.3 Å². The second kappa shape index (κ2) is 7.86. The average molecular weight is 314 g/mol. The van der Waals surface area contributed by atoms with Crippen LogP contribution in [0.5, 0.6) is 0 Å². The van der Waals surface area contributed by atoms with E-state index in [1.54, 1.807) is 0 Å². The van der Waals surface area contributed by atoms with Crippen molar-refractivity contribution in [1.82, 2.24) is 6.15 Å². The van der Waals surface area contributed by atoms with E-state index in [9.17, 15) is 10.1 Å². The van der Waals surface area contributed by atoms with Crippen molar-refractivity contribution in [2.45, 2.75) is 4.45 Å². The van der Waals surface area contributed by atoms with Gasteiger partial charge in [-0.05, 0) is 0 Å². The molecule has 0 aliphatic carbocycles. The summed E-state index contributed by atoms with van der Waals surface area (Å²) in [5.41, 5.74) is 0. The fourth-order valence-electron chi connectivity index (χ4n) is 0.165. The molecular formula is C3H10BrN2O8S-. The van der Waals surface area contributed by atoms with Crippen LogP contribution in [0.1, 0.15) is 0 Å². The van der Waals surface area contributed by atoms with Gasteiger partial charge in [0.1, 0.15) is 13.2 Å². The van der Waals surface area contributed by atoms with E-state index in [1.807, 2.05) is 0 Å². The fourth-order valence-corrected chi connectivity index (χ4v) is 0.165. The van der Waals surface area contributed by atoms with Gasteiger partial charge in [0.2, 0.25) is 0 Å². The molecule has 10 nitrogen and oxygen atoms in total. The van der Waals surface area contributed by atoms with Crippen molar-refractivity contribution >= 4 is 26.3 Å². The van der Waals surface area contributed by atoms with Gasteiger partial charge in [0.15, 0.2) is 0 Å². The summed E-state index contributed by atoms with van der Waals surface area (Å²) in [6.07, 6.45) is 0. The van der Waals surface area contributed by atoms with Crippen LogP contribution in [0.25, 0.3) is 0 Å². The summed E-state index contributed by atoms with van der Waals surface area (Å²) < 4.78 is 32.3. The molecule has 0 saturated carbocycles. The number of hydrogen-bond donors (Lipinski definition) is 3. The third kappa shape index (κ3) is 13.6. The molecule has 0 spiro atoms. The van der Waals surface area contributed by atoms with Gasteiger partial charge >= 0.3 is 4.45 Å². The summed E-state index contributed by atoms with van der Waals surface area (Å²) in [5, 5.41) is 26.5. The maximum atomic E-state index is 9.92. The Morgan fingerprint density at radius 3 is 1.47 bits per heavy atom. The normalized spacial score (nSPS) is 10.7. The second-order valence-corrected chi connectivity index (χ2v) is 4.19. The predicted octanol–water partition coefficient (Wildman–Crippen LogP) is -1.62. The van der Waals surface area contributed by atoms with Gasteiger partial charge < -0.3 is 25.5 Å². The standard InChI is InChI=1S/C3H6BrNO4.H3N.H2O4S/c4-3(1-6,2-7)5(8)9;;1-5(2,3)4/h6-7H,1-2H2;1H3;(H2,1,2,3,4)/p-1. The number of halogens is 1. The molecule has 0 rings (SSSR count). The topological polar surface area (TPSA) is 200 Å². The Hall–Kier alpha value is -0.370. The van der Waals surface area contributed by atoms with Crippen molar-refractivity contribution < 1.29 is 32.7 Å². The van der Waals surface area contributed by atoms with Crippen LogP contribution in [0.15, 0.2) is 0 Å². The maximum Gasteiger partial charge on any atom is 0.319 e. The average Bonchev–Trinajstić information content (AvgIpc) is 1.99. The lowest BCUT2D eigenvalue weighted by molar-refractivity contribution is -0.542. The first kappa shape index (κ1) is 20.1. The Labute approximate surface area is 93.4 Å². The first-order valence-electron chi connectivity index (χ1n) is 2.78. The Morgan fingerprint density at radius 1 is 1.27 bits per heavy atom. The number of rotatable bonds is 3. The van der Waals surface area contributed by atoms with Crippen LogP contribution in [0, 0.1) is 10.1 Å². The minimum atomic E-state index is -5.17. The molecule has 0 bridgehead atoms. The summed E-state index contributed by atoms with van der Waals surface area (Å²) in [6.45, 7) is -1.45. The number of hydrogen-bond acceptors (Lipinski definition) is 8. The molecule has 0 atom stereocenters. The number of alkyl halides is 1. The molecule has 0 amide bonds. The Bertz CT molecular complexity index is 266. The molecule has 0 aromatic rings. The van der Waals surface area contributed by atoms with Crippen LogP contribution in [0.4, 0.5) is 0 Å². The molecule has 0 fully saturated rings. The van der Waals surface area contributed by atoms with Crippen LogP contribution in [-0.2, 0) is 10.4 Å². The van der Waals surface area contributed by atoms with Crippen LogP contribution in [0.2, 0.25) is 0 Å². The lowest BCUT2D eigenvalue weighted by Gasteiger charge is -2.11. The van der Waals surface area contributed by atoms with E-state index >= 15 is 0 Å². The Kier molecular flexibility index (Phi) is 10.5. The van der Waals surface area contributed by atoms with Crippen molar-refractivity contribution in [3.63, 3.8) is 0 Å². The number of aliphatic hydroxyl groups excluding tert-OH is 2. The lowest BCUT2D eigenvalue weighted by Crippen LogP contribution is -2.39. The monoisotopic (exact) mass is 313 g/mol. The van der Waals surface area contributed by atoms with Gasteiger partial charge in [0.05, 0.1) is 0 Å². The highest BCUT2D eigenvalue weighted by molar-refractivity contribution is 9.10. The van der Waals surface area contributed by atoms with Crippen LogP contribution in [-0.4, -0.2) is 50.3 Å². The van der Waals surface area contributed by atoms with E-state index in [1.165, 1.54) is 0 Å². The molecule has 0 radical (unpaired) electrons. The quantitative estimate of drug-likeness (QED) is 0.138. The van der Waals surface area contributed by atoms with E-state index in [-0.39, 0.29) is 6.15 Å². The predicted molar refractivity (Wildman–Crippen MR) is 49.3 cm³/mol. The highest BCUT2D eigenvalue weighted by Gasteiger charge is 2.38. The second-order valence-electron chi connectivity index (χ2n) is 1.90. The number of quaternary nitrogens is 1. The maximum absolute atomic E-state index is 9.92. The third-order valence-corrected chi connectivity index (χ3v) is 1.60. The Morgan fingerprint density at radius 2 is 1.47 bits per heavy atom. The zero-order chi connectivity index (χ0) is 12.0. The molecule has 15 heavy (non-hydrogen) atoms. The smallest absolute Gasteiger partial charge is 0.319 e. The lowest BCUT2D eigenvalue weighted by atomic mass is 10.4. The zero-order valence-corrected chi connectivity index (χ0v) is 9.89. The molecule has 0 unspecified atom stereocenters. The first-order valence-corrected chi connectivity index (χ1v) is 4.91. The largest absolute Gasteiger partial charge is 0.759 e. The van der Waals surface area contributed by atoms with E-state index < -0.39 is 33.0 Å². The molecule has 0 heterocycles. The van der Waals surface area contributed by atoms with E-state index in [0.29, 0.717) is 0 Å². The van der Waals surface area contributed by atoms with Gasteiger partial charge in [-0.25, -0.2) is 0 Å². The molecule has 0 aliphatic rings. The van der Waals surface area contributed by atoms with E-state index in [2.05, 4.69) is 15.9 Å². The summed E-state index contributed by atoms with van der Waals surface area (Å²) in [4.78, 5) is 9.14. The highest BCUT2D eigenvalue weighted by Crippen LogP contribution is 2.15. The van der Waals surface area contributed by atoms with Crippen molar-refractivity contribution in [3.8, 4) is 0 Å². The summed E-state index contributed by atoms with van der Waals surface area (Å²) >= 11 is 2.55. The molecule has 0 aromatic carbocycles. The molecule has 0 saturated heterocycles. The summed E-state index contributed by atoms with van der Waals surface area (Å²) in [7, 11) is -5.17. The highest BCUT2D eigenvalue weighted by atomic mass is 79.9. The molecule has 12 heteroatoms. The van der Waals surface area contributed by atoms with E-state index in [4.69, 9.17) is 27.7 Å². The first-order chi connectivity index (χ1) is 6.06. The minimum Gasteiger partial charge on any atom is -0.759 e. The molecular weight excluding hydrogens is 304 g/mol. The number of nitro groups is 1. The van der Waals surface area contributed by atoms with Crippen molar-refractivity contribution in [1.29, 1.82) is 0 Å². The summed E-state index contributed by atoms with van der Waals surface area (Å²) in [5.74, 6) is 0. The van der Waals surface area contributed by atoms with Crippen molar-refractivity contribution in [2.24, 2.45) is 0 Å². The third-order valence-electron chi connectivity index (χ3n) is 0.812. The van der Waals surface area contributed by atoms with Gasteiger partial charge in [-0.1, -0.05) is 0 Å². The van der Waals surface area contributed by atoms with Crippen LogP contribution >= 0.6 is 15.9 Å². The van der Waals surface area contributed by atoms with Crippen LogP contribution in [0.3, 0.4) is 0 Å². The minimum absolute atomic E-state index is 0. The number of nitrogens with zero attached hydrogens (tertiary/aromatic N) is 1. The number of aliphatic hydroxyl groups is 2. The van der Waals surface area contributed by atoms with Gasteiger partial charge in [-0.3, -0.25) is 18.5 Å². The molecule has 0 aromatic heterocycles. The van der Waals surface area contributed by atoms with Crippen molar-refractivity contribution in [3.05, 3.63) is 10.1 Å². The molecule has 6 N–H and O–H groups in total. The fraction of sp³-hybridized carbons (Fsp3) is 1.00. The van der Waals surface area contributed by atoms with Gasteiger partial charge in [-0.15, -0.1) is 0 Å². The van der Waals surface area contributed by atoms with Crippen LogP contribution < -0.4 is 6.15 Å². The van der Waals surface area contributed by atoms with Gasteiger partial charge in [-0.2, -0.15) is 0 Å². The summed E-state index contributed by atoms with van der Waals surface area (Å²) in [6, 6.07) is 0. The molecule has 0 aliphatic heterocycles. The zero-order valence-electron chi connectivity index (χ0n) is 7.49. The Balaban J connectivity index is -0.000000208. The molecule has 94 valence electrons. The van der Waals surface area contributed by atoms with Gasteiger partial charge in [0.25, 0.3) is 0 Å².